The largest absolute Gasteiger partial charge is 0.493 e. The fraction of sp³-hybridized carbons (Fsp3) is 0.529. The van der Waals surface area contributed by atoms with Gasteiger partial charge in [-0.25, -0.2) is 0 Å². The van der Waals surface area contributed by atoms with Gasteiger partial charge in [0.15, 0.2) is 11.3 Å². The Hall–Kier alpha value is -1.52. The highest BCUT2D eigenvalue weighted by Crippen LogP contribution is 2.28. The quantitative estimate of drug-likeness (QED) is 0.918. The van der Waals surface area contributed by atoms with E-state index in [2.05, 4.69) is 29.3 Å². The third-order valence-corrected chi connectivity index (χ3v) is 4.38. The zero-order chi connectivity index (χ0) is 14.7. The molecule has 1 aromatic carbocycles. The minimum absolute atomic E-state index is 0.600. The molecule has 4 nitrogen and oxygen atoms in total. The van der Waals surface area contributed by atoms with Gasteiger partial charge in [-0.3, -0.25) is 0 Å². The minimum Gasteiger partial charge on any atom is -0.493 e. The molecule has 0 spiro atoms. The summed E-state index contributed by atoms with van der Waals surface area (Å²) in [5.41, 5.74) is 0.845. The van der Waals surface area contributed by atoms with Crippen molar-refractivity contribution in [3.05, 3.63) is 30.0 Å². The summed E-state index contributed by atoms with van der Waals surface area (Å²) >= 11 is 0. The topological polar surface area (TPSA) is 37.6 Å². The van der Waals surface area contributed by atoms with Crippen LogP contribution in [-0.2, 0) is 6.54 Å². The van der Waals surface area contributed by atoms with Crippen molar-refractivity contribution in [1.29, 1.82) is 0 Å². The van der Waals surface area contributed by atoms with Crippen LogP contribution in [0.1, 0.15) is 25.5 Å². The second kappa shape index (κ2) is 6.50. The Balaban J connectivity index is 1.61. The van der Waals surface area contributed by atoms with Gasteiger partial charge in [0.25, 0.3) is 0 Å². The summed E-state index contributed by atoms with van der Waals surface area (Å²) in [6.45, 7) is 6.57. The Kier molecular flexibility index (Phi) is 4.46. The average molecular weight is 288 g/mol. The molecule has 0 aliphatic carbocycles. The number of ether oxygens (including phenoxy) is 1. The van der Waals surface area contributed by atoms with Crippen molar-refractivity contribution in [3.8, 4) is 5.75 Å². The van der Waals surface area contributed by atoms with E-state index in [0.29, 0.717) is 6.04 Å². The number of furan rings is 1. The third kappa shape index (κ3) is 3.22. The number of benzene rings is 1. The molecule has 1 aliphatic rings. The molecule has 0 bridgehead atoms. The third-order valence-electron chi connectivity index (χ3n) is 4.38. The number of methoxy groups -OCH3 is 1. The number of fused-ring (bicyclic) bond motifs is 1. The first-order chi connectivity index (χ1) is 10.3. The highest BCUT2D eigenvalue weighted by atomic mass is 16.5. The minimum atomic E-state index is 0.600. The summed E-state index contributed by atoms with van der Waals surface area (Å²) in [5, 5.41) is 4.72. The molecule has 0 unspecified atom stereocenters. The molecule has 1 aromatic heterocycles. The van der Waals surface area contributed by atoms with Gasteiger partial charge in [-0.15, -0.1) is 0 Å². The number of hydrogen-bond acceptors (Lipinski definition) is 4. The van der Waals surface area contributed by atoms with E-state index in [1.807, 2.05) is 12.1 Å². The van der Waals surface area contributed by atoms with Crippen molar-refractivity contribution < 1.29 is 9.15 Å². The van der Waals surface area contributed by atoms with Gasteiger partial charge in [0.05, 0.1) is 13.7 Å². The number of likely N-dealkylation sites (tertiary alicyclic amines) is 1. The number of nitrogens with one attached hydrogen (secondary N) is 1. The highest BCUT2D eigenvalue weighted by Gasteiger charge is 2.18. The van der Waals surface area contributed by atoms with Gasteiger partial charge in [0, 0.05) is 11.4 Å². The van der Waals surface area contributed by atoms with Crippen LogP contribution in [0.2, 0.25) is 0 Å². The molecular weight excluding hydrogens is 264 g/mol. The number of para-hydroxylation sites is 1. The molecule has 2 aromatic rings. The molecule has 0 saturated carbocycles. The van der Waals surface area contributed by atoms with Crippen molar-refractivity contribution in [2.75, 3.05) is 26.7 Å². The van der Waals surface area contributed by atoms with Crippen LogP contribution in [0.15, 0.2) is 28.7 Å². The fourth-order valence-corrected chi connectivity index (χ4v) is 3.04. The first kappa shape index (κ1) is 14.4. The second-order valence-electron chi connectivity index (χ2n) is 5.68. The molecule has 21 heavy (non-hydrogen) atoms. The molecule has 1 aliphatic heterocycles. The van der Waals surface area contributed by atoms with Gasteiger partial charge in [0.2, 0.25) is 0 Å². The molecule has 114 valence electrons. The second-order valence-corrected chi connectivity index (χ2v) is 5.68. The molecule has 1 N–H and O–H groups in total. The van der Waals surface area contributed by atoms with Gasteiger partial charge in [-0.2, -0.15) is 0 Å². The summed E-state index contributed by atoms with van der Waals surface area (Å²) < 4.78 is 11.3. The van der Waals surface area contributed by atoms with Crippen molar-refractivity contribution in [2.45, 2.75) is 32.4 Å². The van der Waals surface area contributed by atoms with Gasteiger partial charge < -0.3 is 19.4 Å². The zero-order valence-electron chi connectivity index (χ0n) is 12.9. The van der Waals surface area contributed by atoms with Crippen LogP contribution in [0.25, 0.3) is 11.0 Å². The standard InChI is InChI=1S/C17H24N2O2/c1-3-19-9-7-14(8-10-19)18-12-15-11-13-5-4-6-16(20-2)17(13)21-15/h4-6,11,14,18H,3,7-10,12H2,1-2H3. The van der Waals surface area contributed by atoms with E-state index in [4.69, 9.17) is 9.15 Å². The van der Waals surface area contributed by atoms with Crippen molar-refractivity contribution in [1.82, 2.24) is 10.2 Å². The van der Waals surface area contributed by atoms with Crippen molar-refractivity contribution in [3.63, 3.8) is 0 Å². The van der Waals surface area contributed by atoms with Gasteiger partial charge in [-0.1, -0.05) is 19.1 Å². The fourth-order valence-electron chi connectivity index (χ4n) is 3.04. The molecule has 1 fully saturated rings. The first-order valence-electron chi connectivity index (χ1n) is 7.81. The Morgan fingerprint density at radius 1 is 1.33 bits per heavy atom. The molecule has 1 saturated heterocycles. The van der Waals surface area contributed by atoms with E-state index in [1.165, 1.54) is 25.9 Å². The van der Waals surface area contributed by atoms with Gasteiger partial charge in [-0.05, 0) is 44.6 Å². The molecular formula is C17H24N2O2. The van der Waals surface area contributed by atoms with E-state index in [1.54, 1.807) is 7.11 Å². The number of piperidine rings is 1. The maximum absolute atomic E-state index is 5.93. The van der Waals surface area contributed by atoms with Crippen LogP contribution in [0.3, 0.4) is 0 Å². The maximum atomic E-state index is 5.93. The lowest BCUT2D eigenvalue weighted by atomic mass is 10.1. The van der Waals surface area contributed by atoms with Crippen molar-refractivity contribution in [2.24, 2.45) is 0 Å². The first-order valence-corrected chi connectivity index (χ1v) is 7.81. The average Bonchev–Trinajstić information content (AvgIpc) is 2.96. The molecule has 0 radical (unpaired) electrons. The number of rotatable bonds is 5. The predicted octanol–water partition coefficient (Wildman–Crippen LogP) is 3.02. The van der Waals surface area contributed by atoms with Crippen LogP contribution >= 0.6 is 0 Å². The summed E-state index contributed by atoms with van der Waals surface area (Å²) in [7, 11) is 1.68. The summed E-state index contributed by atoms with van der Waals surface area (Å²) in [4.78, 5) is 2.50. The van der Waals surface area contributed by atoms with E-state index in [-0.39, 0.29) is 0 Å². The zero-order valence-corrected chi connectivity index (χ0v) is 12.9. The molecule has 0 amide bonds. The Bertz CT molecular complexity index is 585. The van der Waals surface area contributed by atoms with Gasteiger partial charge >= 0.3 is 0 Å². The van der Waals surface area contributed by atoms with E-state index < -0.39 is 0 Å². The van der Waals surface area contributed by atoms with Crippen LogP contribution in [-0.4, -0.2) is 37.7 Å². The molecule has 0 atom stereocenters. The Morgan fingerprint density at radius 2 is 2.14 bits per heavy atom. The Morgan fingerprint density at radius 3 is 2.86 bits per heavy atom. The van der Waals surface area contributed by atoms with Crippen LogP contribution in [0, 0.1) is 0 Å². The van der Waals surface area contributed by atoms with E-state index in [0.717, 1.165) is 35.6 Å². The Labute approximate surface area is 126 Å². The highest BCUT2D eigenvalue weighted by molar-refractivity contribution is 5.83. The van der Waals surface area contributed by atoms with E-state index >= 15 is 0 Å². The molecule has 3 rings (SSSR count). The summed E-state index contributed by atoms with van der Waals surface area (Å²) in [5.74, 6) is 1.78. The lowest BCUT2D eigenvalue weighted by Crippen LogP contribution is -2.42. The SMILES string of the molecule is CCN1CCC(NCc2cc3cccc(OC)c3o2)CC1. The molecule has 2 heterocycles. The smallest absolute Gasteiger partial charge is 0.176 e. The van der Waals surface area contributed by atoms with Crippen molar-refractivity contribution >= 4 is 11.0 Å². The lowest BCUT2D eigenvalue weighted by molar-refractivity contribution is 0.204. The summed E-state index contributed by atoms with van der Waals surface area (Å²) in [6, 6.07) is 8.69. The monoisotopic (exact) mass is 288 g/mol. The lowest BCUT2D eigenvalue weighted by Gasteiger charge is -2.31. The molecule has 4 heteroatoms. The number of nitrogens with zero attached hydrogens (tertiary/aromatic N) is 1. The van der Waals surface area contributed by atoms with Crippen LogP contribution < -0.4 is 10.1 Å². The normalized spacial score (nSPS) is 17.4. The maximum Gasteiger partial charge on any atom is 0.176 e. The predicted molar refractivity (Wildman–Crippen MR) is 84.7 cm³/mol. The van der Waals surface area contributed by atoms with Gasteiger partial charge in [0.1, 0.15) is 5.76 Å². The van der Waals surface area contributed by atoms with Crippen LogP contribution in [0.4, 0.5) is 0 Å². The summed E-state index contributed by atoms with van der Waals surface area (Å²) in [6.07, 6.45) is 2.44. The number of hydrogen-bond donors (Lipinski definition) is 1. The van der Waals surface area contributed by atoms with E-state index in [9.17, 15) is 0 Å². The van der Waals surface area contributed by atoms with Crippen LogP contribution in [0.5, 0.6) is 5.75 Å².